The van der Waals surface area contributed by atoms with Gasteiger partial charge in [0.25, 0.3) is 0 Å². The Morgan fingerprint density at radius 1 is 1.15 bits per heavy atom. The van der Waals surface area contributed by atoms with Crippen LogP contribution in [-0.4, -0.2) is 30.4 Å². The van der Waals surface area contributed by atoms with Crippen LogP contribution in [-0.2, 0) is 23.9 Å². The first-order chi connectivity index (χ1) is 15.4. The number of carbonyl (C=O) groups excluding carboxylic acids is 3. The Morgan fingerprint density at radius 3 is 2.55 bits per heavy atom. The van der Waals surface area contributed by atoms with Gasteiger partial charge in [0, 0.05) is 24.7 Å². The van der Waals surface area contributed by atoms with Gasteiger partial charge in [-0.2, -0.15) is 0 Å². The lowest BCUT2D eigenvalue weighted by molar-refractivity contribution is -0.162. The summed E-state index contributed by atoms with van der Waals surface area (Å²) in [6.45, 7) is 11.9. The van der Waals surface area contributed by atoms with Gasteiger partial charge in [-0.25, -0.2) is 0 Å². The minimum absolute atomic E-state index is 0.0118. The molecule has 1 fully saturated rings. The van der Waals surface area contributed by atoms with Crippen molar-refractivity contribution < 1.29 is 23.9 Å². The maximum absolute atomic E-state index is 12.6. The van der Waals surface area contributed by atoms with Crippen LogP contribution in [0.25, 0.3) is 0 Å². The van der Waals surface area contributed by atoms with Crippen LogP contribution < -0.4 is 0 Å². The van der Waals surface area contributed by atoms with E-state index >= 15 is 0 Å². The summed E-state index contributed by atoms with van der Waals surface area (Å²) in [7, 11) is 0. The Labute approximate surface area is 197 Å². The van der Waals surface area contributed by atoms with Crippen LogP contribution in [0.2, 0.25) is 0 Å². The third-order valence-corrected chi connectivity index (χ3v) is 8.71. The molecule has 0 saturated heterocycles. The average molecular weight is 455 g/mol. The number of hydrogen-bond donors (Lipinski definition) is 0. The van der Waals surface area contributed by atoms with Crippen molar-refractivity contribution in [3.05, 3.63) is 34.9 Å². The number of allylic oxidation sites excluding steroid dienone is 5. The maximum atomic E-state index is 12.6. The minimum Gasteiger partial charge on any atom is -0.465 e. The molecule has 0 aliphatic heterocycles. The molecule has 0 aromatic heterocycles. The number of ketones is 1. The van der Waals surface area contributed by atoms with E-state index in [9.17, 15) is 14.4 Å². The quantitative estimate of drug-likeness (QED) is 0.525. The molecular formula is C28H38O5. The van der Waals surface area contributed by atoms with Crippen molar-refractivity contribution in [1.29, 1.82) is 0 Å². The normalized spacial score (nSPS) is 34.1. The van der Waals surface area contributed by atoms with E-state index in [2.05, 4.69) is 19.1 Å². The van der Waals surface area contributed by atoms with Crippen LogP contribution in [0.3, 0.4) is 0 Å². The number of carbonyl (C=O) groups is 3. The van der Waals surface area contributed by atoms with Gasteiger partial charge in [0.2, 0.25) is 0 Å². The Balaban J connectivity index is 1.69. The summed E-state index contributed by atoms with van der Waals surface area (Å²) in [4.78, 5) is 36.5. The first-order valence-corrected chi connectivity index (χ1v) is 12.4. The van der Waals surface area contributed by atoms with Crippen LogP contribution in [0.15, 0.2) is 34.9 Å². The van der Waals surface area contributed by atoms with Gasteiger partial charge >= 0.3 is 11.9 Å². The van der Waals surface area contributed by atoms with Crippen LogP contribution in [0.5, 0.6) is 0 Å². The Kier molecular flexibility index (Phi) is 5.99. The smallest absolute Gasteiger partial charge is 0.311 e. The minimum atomic E-state index is -0.511. The molecule has 180 valence electrons. The second kappa shape index (κ2) is 8.25. The highest BCUT2D eigenvalue weighted by Crippen LogP contribution is 2.63. The van der Waals surface area contributed by atoms with E-state index in [0.29, 0.717) is 13.0 Å². The van der Waals surface area contributed by atoms with Gasteiger partial charge in [0.05, 0.1) is 5.41 Å². The molecule has 0 unspecified atom stereocenters. The summed E-state index contributed by atoms with van der Waals surface area (Å²) < 4.78 is 11.5. The fourth-order valence-corrected chi connectivity index (χ4v) is 6.85. The molecular weight excluding hydrogens is 416 g/mol. The van der Waals surface area contributed by atoms with Gasteiger partial charge in [-0.1, -0.05) is 24.6 Å². The Hall–Kier alpha value is -2.17. The van der Waals surface area contributed by atoms with Crippen molar-refractivity contribution in [3.8, 4) is 0 Å². The summed E-state index contributed by atoms with van der Waals surface area (Å²) in [5, 5.41) is 0. The molecule has 0 N–H and O–H groups in total. The van der Waals surface area contributed by atoms with Gasteiger partial charge in [-0.05, 0) is 88.4 Å². The molecule has 0 radical (unpaired) electrons. The predicted molar refractivity (Wildman–Crippen MR) is 126 cm³/mol. The summed E-state index contributed by atoms with van der Waals surface area (Å²) >= 11 is 0. The molecule has 4 aliphatic rings. The zero-order valence-corrected chi connectivity index (χ0v) is 21.0. The summed E-state index contributed by atoms with van der Waals surface area (Å²) in [5.74, 6) is 0.263. The van der Waals surface area contributed by atoms with Crippen LogP contribution in [0, 0.1) is 28.1 Å². The fourth-order valence-electron chi connectivity index (χ4n) is 6.85. The van der Waals surface area contributed by atoms with Crippen molar-refractivity contribution >= 4 is 17.7 Å². The molecule has 0 aromatic rings. The van der Waals surface area contributed by atoms with Crippen LogP contribution in [0.1, 0.15) is 80.1 Å². The zero-order chi connectivity index (χ0) is 24.2. The van der Waals surface area contributed by atoms with Crippen molar-refractivity contribution in [2.45, 2.75) is 86.2 Å². The van der Waals surface area contributed by atoms with Crippen LogP contribution >= 0.6 is 0 Å². The largest absolute Gasteiger partial charge is 0.465 e. The Bertz CT molecular complexity index is 961. The van der Waals surface area contributed by atoms with Gasteiger partial charge < -0.3 is 9.47 Å². The van der Waals surface area contributed by atoms with E-state index in [1.165, 1.54) is 18.1 Å². The van der Waals surface area contributed by atoms with Gasteiger partial charge in [0.1, 0.15) is 12.7 Å². The maximum Gasteiger partial charge on any atom is 0.311 e. The van der Waals surface area contributed by atoms with Gasteiger partial charge in [-0.15, -0.1) is 0 Å². The molecule has 4 aliphatic carbocycles. The first-order valence-electron chi connectivity index (χ1n) is 12.4. The van der Waals surface area contributed by atoms with E-state index in [1.54, 1.807) is 6.08 Å². The molecule has 0 amide bonds. The standard InChI is InChI=1S/C28H38O5/c1-17(33-25(31)26(3,4)5)22-9-10-23-21-8-7-19-15-20(30)11-14-28(19,16-32-18(2)29)24(21)12-13-27(22,23)6/h7-8,15,17,22,24H,9-14,16H2,1-6H3/t17-,22+,24-,27+,28+/m0/s1. The van der Waals surface area contributed by atoms with Crippen molar-refractivity contribution in [3.63, 3.8) is 0 Å². The molecule has 0 spiro atoms. The van der Waals surface area contributed by atoms with E-state index < -0.39 is 5.41 Å². The second-order valence-corrected chi connectivity index (χ2v) is 11.8. The third kappa shape index (κ3) is 4.02. The number of fused-ring (bicyclic) bond motifs is 4. The lowest BCUT2D eigenvalue weighted by Gasteiger charge is -2.51. The van der Waals surface area contributed by atoms with E-state index in [1.807, 2.05) is 27.7 Å². The SMILES string of the molecule is CC(=O)OC[C@]12CCC(=O)C=C1C=CC1=C3CC[C@H]([C@H](C)OC(=O)C(C)(C)C)[C@@]3(C)CC[C@@H]12. The molecule has 5 heteroatoms. The highest BCUT2D eigenvalue weighted by Gasteiger charge is 2.55. The lowest BCUT2D eigenvalue weighted by Crippen LogP contribution is -2.46. The van der Waals surface area contributed by atoms with Gasteiger partial charge in [-0.3, -0.25) is 14.4 Å². The highest BCUT2D eigenvalue weighted by molar-refractivity contribution is 5.92. The van der Waals surface area contributed by atoms with Crippen LogP contribution in [0.4, 0.5) is 0 Å². The topological polar surface area (TPSA) is 69.7 Å². The molecule has 0 bridgehead atoms. The molecule has 33 heavy (non-hydrogen) atoms. The monoisotopic (exact) mass is 454 g/mol. The molecule has 1 saturated carbocycles. The third-order valence-electron chi connectivity index (χ3n) is 8.71. The molecule has 0 heterocycles. The van der Waals surface area contributed by atoms with E-state index in [0.717, 1.165) is 37.7 Å². The summed E-state index contributed by atoms with van der Waals surface area (Å²) in [6, 6.07) is 0. The highest BCUT2D eigenvalue weighted by atomic mass is 16.5. The van der Waals surface area contributed by atoms with Gasteiger partial charge in [0.15, 0.2) is 5.78 Å². The number of ether oxygens (including phenoxy) is 2. The number of rotatable bonds is 4. The fraction of sp³-hybridized carbons (Fsp3) is 0.679. The first kappa shape index (κ1) is 24.0. The lowest BCUT2D eigenvalue weighted by atomic mass is 9.53. The van der Waals surface area contributed by atoms with E-state index in [4.69, 9.17) is 9.47 Å². The number of esters is 2. The molecule has 5 atom stereocenters. The van der Waals surface area contributed by atoms with Crippen molar-refractivity contribution in [2.24, 2.45) is 28.1 Å². The van der Waals surface area contributed by atoms with E-state index in [-0.39, 0.29) is 46.5 Å². The molecule has 5 nitrogen and oxygen atoms in total. The summed E-state index contributed by atoms with van der Waals surface area (Å²) in [6.07, 6.45) is 11.1. The van der Waals surface area contributed by atoms with Crippen molar-refractivity contribution in [1.82, 2.24) is 0 Å². The van der Waals surface area contributed by atoms with Crippen molar-refractivity contribution in [2.75, 3.05) is 6.61 Å². The zero-order valence-electron chi connectivity index (χ0n) is 21.0. The molecule has 4 rings (SSSR count). The second-order valence-electron chi connectivity index (χ2n) is 11.8. The average Bonchev–Trinajstić information content (AvgIpc) is 3.09. The number of hydrogen-bond acceptors (Lipinski definition) is 5. The molecule has 0 aromatic carbocycles. The Morgan fingerprint density at radius 2 is 1.88 bits per heavy atom. The predicted octanol–water partition coefficient (Wildman–Crippen LogP) is 5.50. The summed E-state index contributed by atoms with van der Waals surface area (Å²) in [5.41, 5.74) is 3.00.